The van der Waals surface area contributed by atoms with Gasteiger partial charge in [0.2, 0.25) is 0 Å². The van der Waals surface area contributed by atoms with Gasteiger partial charge in [-0.2, -0.15) is 0 Å². The maximum absolute atomic E-state index is 5.77. The number of rotatable bonds is 5. The van der Waals surface area contributed by atoms with E-state index >= 15 is 0 Å². The molecule has 2 heterocycles. The number of nitrogens with zero attached hydrogens (tertiary/aromatic N) is 2. The van der Waals surface area contributed by atoms with Gasteiger partial charge in [-0.05, 0) is 39.8 Å². The van der Waals surface area contributed by atoms with Crippen LogP contribution in [0.1, 0.15) is 37.9 Å². The molecule has 0 saturated carbocycles. The van der Waals surface area contributed by atoms with E-state index in [1.54, 1.807) is 12.3 Å². The van der Waals surface area contributed by atoms with E-state index in [0.29, 0.717) is 18.9 Å². The van der Waals surface area contributed by atoms with Crippen molar-refractivity contribution in [2.24, 2.45) is 0 Å². The zero-order chi connectivity index (χ0) is 14.6. The predicted molar refractivity (Wildman–Crippen MR) is 76.4 cm³/mol. The number of pyridine rings is 1. The molecule has 5 nitrogen and oxygen atoms in total. The van der Waals surface area contributed by atoms with Crippen molar-refractivity contribution in [3.05, 3.63) is 41.5 Å². The van der Waals surface area contributed by atoms with Gasteiger partial charge >= 0.3 is 0 Å². The Morgan fingerprint density at radius 2 is 2.05 bits per heavy atom. The monoisotopic (exact) mass is 275 g/mol. The average Bonchev–Trinajstić information content (AvgIpc) is 2.87. The highest BCUT2D eigenvalue weighted by Crippen LogP contribution is 2.19. The zero-order valence-corrected chi connectivity index (χ0v) is 12.4. The standard InChI is InChI=1S/C15H21N3O2/c1-11-5-6-14(19-10-12-7-8-17-20-12)13(18-11)9-16-15(2,3)4/h5-8,16H,9-10H2,1-4H3. The first kappa shape index (κ1) is 14.5. The maximum Gasteiger partial charge on any atom is 0.174 e. The molecule has 1 N–H and O–H groups in total. The average molecular weight is 275 g/mol. The lowest BCUT2D eigenvalue weighted by Gasteiger charge is -2.21. The minimum atomic E-state index is 0.0353. The van der Waals surface area contributed by atoms with Gasteiger partial charge in [0.05, 0.1) is 11.9 Å². The van der Waals surface area contributed by atoms with Gasteiger partial charge in [-0.1, -0.05) is 5.16 Å². The molecule has 2 aromatic rings. The third kappa shape index (κ3) is 4.35. The van der Waals surface area contributed by atoms with Crippen molar-refractivity contribution in [1.29, 1.82) is 0 Å². The maximum atomic E-state index is 5.77. The summed E-state index contributed by atoms with van der Waals surface area (Å²) < 4.78 is 10.8. The van der Waals surface area contributed by atoms with Gasteiger partial charge in [-0.3, -0.25) is 4.98 Å². The molecule has 0 spiro atoms. The summed E-state index contributed by atoms with van der Waals surface area (Å²) in [5.41, 5.74) is 1.91. The van der Waals surface area contributed by atoms with Crippen LogP contribution in [0.5, 0.6) is 5.75 Å². The van der Waals surface area contributed by atoms with Crippen molar-refractivity contribution >= 4 is 0 Å². The van der Waals surface area contributed by atoms with E-state index < -0.39 is 0 Å². The summed E-state index contributed by atoms with van der Waals surface area (Å²) in [6.45, 7) is 9.36. The van der Waals surface area contributed by atoms with E-state index in [-0.39, 0.29) is 5.54 Å². The van der Waals surface area contributed by atoms with Crippen molar-refractivity contribution in [2.45, 2.75) is 46.4 Å². The second-order valence-corrected chi connectivity index (χ2v) is 5.77. The van der Waals surface area contributed by atoms with Crippen LogP contribution in [0.15, 0.2) is 28.9 Å². The molecular weight excluding hydrogens is 254 g/mol. The number of ether oxygens (including phenoxy) is 1. The molecule has 20 heavy (non-hydrogen) atoms. The summed E-state index contributed by atoms with van der Waals surface area (Å²) in [5, 5.41) is 7.08. The Morgan fingerprint density at radius 3 is 2.70 bits per heavy atom. The number of aromatic nitrogens is 2. The Labute approximate surface area is 119 Å². The molecule has 0 aliphatic rings. The summed E-state index contributed by atoms with van der Waals surface area (Å²) in [6.07, 6.45) is 1.61. The third-order valence-electron chi connectivity index (χ3n) is 2.72. The number of aryl methyl sites for hydroxylation is 1. The van der Waals surface area contributed by atoms with E-state index in [0.717, 1.165) is 17.1 Å². The first-order chi connectivity index (χ1) is 9.44. The molecule has 0 amide bonds. The van der Waals surface area contributed by atoms with Gasteiger partial charge in [0.1, 0.15) is 12.4 Å². The predicted octanol–water partition coefficient (Wildman–Crippen LogP) is 2.85. The van der Waals surface area contributed by atoms with Crippen molar-refractivity contribution < 1.29 is 9.26 Å². The van der Waals surface area contributed by atoms with Gasteiger partial charge < -0.3 is 14.6 Å². The molecule has 0 aromatic carbocycles. The molecule has 5 heteroatoms. The van der Waals surface area contributed by atoms with Crippen LogP contribution in [0.4, 0.5) is 0 Å². The van der Waals surface area contributed by atoms with Crippen LogP contribution in [0, 0.1) is 6.92 Å². The van der Waals surface area contributed by atoms with Crippen LogP contribution in [0.3, 0.4) is 0 Å². The van der Waals surface area contributed by atoms with Crippen LogP contribution in [0.25, 0.3) is 0 Å². The van der Waals surface area contributed by atoms with Gasteiger partial charge in [-0.25, -0.2) is 0 Å². The quantitative estimate of drug-likeness (QED) is 0.909. The number of nitrogens with one attached hydrogen (secondary N) is 1. The molecule has 2 aromatic heterocycles. The lowest BCUT2D eigenvalue weighted by molar-refractivity contribution is 0.245. The number of hydrogen-bond donors (Lipinski definition) is 1. The lowest BCUT2D eigenvalue weighted by atomic mass is 10.1. The van der Waals surface area contributed by atoms with E-state index in [2.05, 4.69) is 36.2 Å². The Kier molecular flexibility index (Phi) is 4.39. The topological polar surface area (TPSA) is 60.2 Å². The molecule has 0 aliphatic heterocycles. The second-order valence-electron chi connectivity index (χ2n) is 5.77. The van der Waals surface area contributed by atoms with Gasteiger partial charge in [0.25, 0.3) is 0 Å². The first-order valence-corrected chi connectivity index (χ1v) is 6.68. The second kappa shape index (κ2) is 6.05. The zero-order valence-electron chi connectivity index (χ0n) is 12.4. The third-order valence-corrected chi connectivity index (χ3v) is 2.72. The van der Waals surface area contributed by atoms with Crippen LogP contribution in [0.2, 0.25) is 0 Å². The smallest absolute Gasteiger partial charge is 0.174 e. The minimum Gasteiger partial charge on any atom is -0.484 e. The van der Waals surface area contributed by atoms with Crippen LogP contribution in [-0.2, 0) is 13.2 Å². The Bertz CT molecular complexity index is 545. The van der Waals surface area contributed by atoms with Gasteiger partial charge in [0, 0.05) is 23.8 Å². The highest BCUT2D eigenvalue weighted by molar-refractivity contribution is 5.29. The summed E-state index contributed by atoms with van der Waals surface area (Å²) in [5.74, 6) is 1.46. The fourth-order valence-electron chi connectivity index (χ4n) is 1.67. The van der Waals surface area contributed by atoms with Crippen LogP contribution >= 0.6 is 0 Å². The van der Waals surface area contributed by atoms with Crippen molar-refractivity contribution in [1.82, 2.24) is 15.5 Å². The van der Waals surface area contributed by atoms with Crippen LogP contribution < -0.4 is 10.1 Å². The van der Waals surface area contributed by atoms with Gasteiger partial charge in [-0.15, -0.1) is 0 Å². The largest absolute Gasteiger partial charge is 0.484 e. The van der Waals surface area contributed by atoms with Gasteiger partial charge in [0.15, 0.2) is 5.76 Å². The minimum absolute atomic E-state index is 0.0353. The summed E-state index contributed by atoms with van der Waals surface area (Å²) >= 11 is 0. The molecule has 2 rings (SSSR count). The summed E-state index contributed by atoms with van der Waals surface area (Å²) in [6, 6.07) is 5.67. The van der Waals surface area contributed by atoms with E-state index in [1.165, 1.54) is 0 Å². The molecule has 0 saturated heterocycles. The summed E-state index contributed by atoms with van der Waals surface area (Å²) in [7, 11) is 0. The Morgan fingerprint density at radius 1 is 1.25 bits per heavy atom. The molecule has 108 valence electrons. The SMILES string of the molecule is Cc1ccc(OCc2ccno2)c(CNC(C)(C)C)n1. The van der Waals surface area contributed by atoms with E-state index in [4.69, 9.17) is 9.26 Å². The lowest BCUT2D eigenvalue weighted by Crippen LogP contribution is -2.35. The molecule has 0 bridgehead atoms. The first-order valence-electron chi connectivity index (χ1n) is 6.68. The molecule has 0 unspecified atom stereocenters. The highest BCUT2D eigenvalue weighted by atomic mass is 16.5. The number of hydrogen-bond acceptors (Lipinski definition) is 5. The highest BCUT2D eigenvalue weighted by Gasteiger charge is 2.13. The van der Waals surface area contributed by atoms with Crippen molar-refractivity contribution in [2.75, 3.05) is 0 Å². The fourth-order valence-corrected chi connectivity index (χ4v) is 1.67. The Hall–Kier alpha value is -1.88. The van der Waals surface area contributed by atoms with E-state index in [9.17, 15) is 0 Å². The Balaban J connectivity index is 2.07. The molecule has 0 aliphatic carbocycles. The summed E-state index contributed by atoms with van der Waals surface area (Å²) in [4.78, 5) is 4.54. The van der Waals surface area contributed by atoms with Crippen LogP contribution in [-0.4, -0.2) is 15.7 Å². The molecule has 0 atom stereocenters. The van der Waals surface area contributed by atoms with Crippen molar-refractivity contribution in [3.8, 4) is 5.75 Å². The van der Waals surface area contributed by atoms with E-state index in [1.807, 2.05) is 19.1 Å². The molecule has 0 fully saturated rings. The molecule has 0 radical (unpaired) electrons. The molecular formula is C15H21N3O2. The van der Waals surface area contributed by atoms with Crippen molar-refractivity contribution in [3.63, 3.8) is 0 Å². The fraction of sp³-hybridized carbons (Fsp3) is 0.467. The normalized spacial score (nSPS) is 11.6.